The van der Waals surface area contributed by atoms with E-state index in [1.807, 2.05) is 47.6 Å². The number of hydrogen-bond donors (Lipinski definition) is 1. The van der Waals surface area contributed by atoms with Gasteiger partial charge >= 0.3 is 0 Å². The fourth-order valence-corrected chi connectivity index (χ4v) is 3.81. The molecule has 0 aliphatic carbocycles. The Hall–Kier alpha value is -2.77. The highest BCUT2D eigenvalue weighted by Gasteiger charge is 2.35. The van der Waals surface area contributed by atoms with Crippen molar-refractivity contribution >= 4 is 11.8 Å². The van der Waals surface area contributed by atoms with E-state index in [1.165, 1.54) is 0 Å². The fraction of sp³-hybridized carbons (Fsp3) is 0.550. The maximum Gasteiger partial charge on any atom is 0.251 e. The summed E-state index contributed by atoms with van der Waals surface area (Å²) in [5, 5.41) is 7.43. The van der Waals surface area contributed by atoms with Crippen molar-refractivity contribution in [3.05, 3.63) is 34.4 Å². The summed E-state index contributed by atoms with van der Waals surface area (Å²) in [5.41, 5.74) is 4.22. The minimum absolute atomic E-state index is 0.0536. The largest absolute Gasteiger partial charge is 0.353 e. The highest BCUT2D eigenvalue weighted by atomic mass is 16.2. The second-order valence-corrected chi connectivity index (χ2v) is 7.76. The number of carbonyl (C=O) groups is 2. The molecular weight excluding hydrogens is 356 g/mol. The molecule has 0 bridgehead atoms. The monoisotopic (exact) mass is 384 g/mol. The first kappa shape index (κ1) is 20.0. The average molecular weight is 384 g/mol. The Balaban J connectivity index is 1.89. The summed E-state index contributed by atoms with van der Waals surface area (Å²) in [7, 11) is 0. The molecule has 3 rings (SSSR count). The summed E-state index contributed by atoms with van der Waals surface area (Å²) in [5.74, 6) is 0.426. The minimum atomic E-state index is -0.431. The lowest BCUT2D eigenvalue weighted by Gasteiger charge is -2.37. The molecule has 1 unspecified atom stereocenters. The molecule has 2 aromatic rings. The number of aromatic nitrogens is 4. The zero-order valence-corrected chi connectivity index (χ0v) is 17.4. The molecule has 1 fully saturated rings. The summed E-state index contributed by atoms with van der Waals surface area (Å²) < 4.78 is 1.70. The van der Waals surface area contributed by atoms with Gasteiger partial charge in [-0.1, -0.05) is 13.8 Å². The summed E-state index contributed by atoms with van der Waals surface area (Å²) in [6.07, 6.45) is 0.207. The summed E-state index contributed by atoms with van der Waals surface area (Å²) in [6, 6.07) is 1.48. The zero-order valence-electron chi connectivity index (χ0n) is 17.4. The highest BCUT2D eigenvalue weighted by Crippen LogP contribution is 2.20. The number of carbonyl (C=O) groups excluding carboxylic acids is 2. The van der Waals surface area contributed by atoms with Gasteiger partial charge in [0.1, 0.15) is 6.04 Å². The van der Waals surface area contributed by atoms with E-state index >= 15 is 0 Å². The molecule has 1 aliphatic heterocycles. The van der Waals surface area contributed by atoms with E-state index in [0.29, 0.717) is 19.0 Å². The quantitative estimate of drug-likeness (QED) is 0.861. The van der Waals surface area contributed by atoms with Gasteiger partial charge in [-0.3, -0.25) is 9.59 Å². The van der Waals surface area contributed by atoms with Crippen LogP contribution in [-0.4, -0.2) is 55.6 Å². The van der Waals surface area contributed by atoms with E-state index in [9.17, 15) is 9.59 Å². The molecule has 1 saturated heterocycles. The Kier molecular flexibility index (Phi) is 5.49. The summed E-state index contributed by atoms with van der Waals surface area (Å²) in [4.78, 5) is 36.0. The topological polar surface area (TPSA) is 93.0 Å². The molecule has 0 spiro atoms. The van der Waals surface area contributed by atoms with E-state index in [-0.39, 0.29) is 24.2 Å². The van der Waals surface area contributed by atoms with Crippen LogP contribution in [0.15, 0.2) is 6.07 Å². The molecule has 0 saturated carbocycles. The van der Waals surface area contributed by atoms with Gasteiger partial charge in [0.15, 0.2) is 0 Å². The predicted molar refractivity (Wildman–Crippen MR) is 105 cm³/mol. The van der Waals surface area contributed by atoms with Crippen molar-refractivity contribution in [3.8, 4) is 5.95 Å². The van der Waals surface area contributed by atoms with Crippen LogP contribution in [-0.2, 0) is 16.0 Å². The van der Waals surface area contributed by atoms with E-state index < -0.39 is 6.04 Å². The molecular formula is C20H28N6O2. The second-order valence-electron chi connectivity index (χ2n) is 7.76. The number of hydrogen-bond acceptors (Lipinski definition) is 5. The minimum Gasteiger partial charge on any atom is -0.353 e. The molecule has 8 heteroatoms. The number of piperazine rings is 1. The van der Waals surface area contributed by atoms with Gasteiger partial charge in [-0.15, -0.1) is 0 Å². The third-order valence-electron chi connectivity index (χ3n) is 5.14. The smallest absolute Gasteiger partial charge is 0.251 e. The van der Waals surface area contributed by atoms with Crippen molar-refractivity contribution in [2.45, 2.75) is 54.0 Å². The van der Waals surface area contributed by atoms with E-state index in [4.69, 9.17) is 0 Å². The zero-order chi connectivity index (χ0) is 20.6. The standard InChI is InChI=1S/C20H28N6O2/c1-11(2)18-19(28)21-7-8-25(18)17(27)10-16-14(5)24-26(15(16)6)20-22-12(3)9-13(4)23-20/h9,11,18H,7-8,10H2,1-6H3,(H,21,28). The predicted octanol–water partition coefficient (Wildman–Crippen LogP) is 1.42. The van der Waals surface area contributed by atoms with Crippen LogP contribution >= 0.6 is 0 Å². The van der Waals surface area contributed by atoms with Crippen LogP contribution in [0.2, 0.25) is 0 Å². The number of rotatable bonds is 4. The van der Waals surface area contributed by atoms with Crippen LogP contribution in [0.5, 0.6) is 0 Å². The van der Waals surface area contributed by atoms with Gasteiger partial charge in [0.05, 0.1) is 12.1 Å². The summed E-state index contributed by atoms with van der Waals surface area (Å²) in [6.45, 7) is 12.6. The fourth-order valence-electron chi connectivity index (χ4n) is 3.81. The van der Waals surface area contributed by atoms with Gasteiger partial charge < -0.3 is 10.2 Å². The third-order valence-corrected chi connectivity index (χ3v) is 5.14. The normalized spacial score (nSPS) is 17.2. The van der Waals surface area contributed by atoms with Gasteiger partial charge in [-0.05, 0) is 39.7 Å². The van der Waals surface area contributed by atoms with Crippen LogP contribution in [0, 0.1) is 33.6 Å². The van der Waals surface area contributed by atoms with Crippen molar-refractivity contribution in [1.82, 2.24) is 30.0 Å². The second kappa shape index (κ2) is 7.69. The molecule has 2 aromatic heterocycles. The lowest BCUT2D eigenvalue weighted by atomic mass is 9.98. The number of nitrogens with zero attached hydrogens (tertiary/aromatic N) is 5. The van der Waals surface area contributed by atoms with Crippen LogP contribution < -0.4 is 5.32 Å². The van der Waals surface area contributed by atoms with Gasteiger partial charge in [0, 0.05) is 35.7 Å². The van der Waals surface area contributed by atoms with Crippen LogP contribution in [0.3, 0.4) is 0 Å². The van der Waals surface area contributed by atoms with Crippen molar-refractivity contribution in [2.24, 2.45) is 5.92 Å². The number of nitrogens with one attached hydrogen (secondary N) is 1. The van der Waals surface area contributed by atoms with Crippen molar-refractivity contribution in [2.75, 3.05) is 13.1 Å². The van der Waals surface area contributed by atoms with Crippen LogP contribution in [0.25, 0.3) is 5.95 Å². The molecule has 3 heterocycles. The first-order valence-corrected chi connectivity index (χ1v) is 9.64. The Morgan fingerprint density at radius 2 is 1.86 bits per heavy atom. The van der Waals surface area contributed by atoms with E-state index in [0.717, 1.165) is 28.3 Å². The average Bonchev–Trinajstić information content (AvgIpc) is 2.88. The molecule has 0 aromatic carbocycles. The maximum atomic E-state index is 13.1. The lowest BCUT2D eigenvalue weighted by Crippen LogP contribution is -2.59. The summed E-state index contributed by atoms with van der Waals surface area (Å²) >= 11 is 0. The Morgan fingerprint density at radius 1 is 1.21 bits per heavy atom. The Morgan fingerprint density at radius 3 is 2.46 bits per heavy atom. The molecule has 1 atom stereocenters. The SMILES string of the molecule is Cc1cc(C)nc(-n2nc(C)c(CC(=O)N3CCNC(=O)C3C(C)C)c2C)n1. The Labute approximate surface area is 165 Å². The van der Waals surface area contributed by atoms with Gasteiger partial charge in [0.25, 0.3) is 5.95 Å². The maximum absolute atomic E-state index is 13.1. The van der Waals surface area contributed by atoms with Crippen molar-refractivity contribution in [3.63, 3.8) is 0 Å². The highest BCUT2D eigenvalue weighted by molar-refractivity contribution is 5.90. The molecule has 28 heavy (non-hydrogen) atoms. The van der Waals surface area contributed by atoms with Gasteiger partial charge in [-0.2, -0.15) is 5.10 Å². The molecule has 2 amide bonds. The molecule has 8 nitrogen and oxygen atoms in total. The van der Waals surface area contributed by atoms with Crippen LogP contribution in [0.1, 0.15) is 42.2 Å². The molecule has 1 N–H and O–H groups in total. The lowest BCUT2D eigenvalue weighted by molar-refractivity contribution is -0.144. The van der Waals surface area contributed by atoms with E-state index in [2.05, 4.69) is 20.4 Å². The van der Waals surface area contributed by atoms with E-state index in [1.54, 1.807) is 9.58 Å². The van der Waals surface area contributed by atoms with Crippen LogP contribution in [0.4, 0.5) is 0 Å². The number of amides is 2. The third kappa shape index (κ3) is 3.76. The van der Waals surface area contributed by atoms with Gasteiger partial charge in [-0.25, -0.2) is 14.6 Å². The van der Waals surface area contributed by atoms with Crippen molar-refractivity contribution in [1.29, 1.82) is 0 Å². The first-order valence-electron chi connectivity index (χ1n) is 9.64. The Bertz CT molecular complexity index is 897. The van der Waals surface area contributed by atoms with Crippen molar-refractivity contribution < 1.29 is 9.59 Å². The first-order chi connectivity index (χ1) is 13.2. The molecule has 150 valence electrons. The molecule has 1 aliphatic rings. The number of aryl methyl sites for hydroxylation is 3. The molecule has 0 radical (unpaired) electrons. The van der Waals surface area contributed by atoms with Gasteiger partial charge in [0.2, 0.25) is 11.8 Å².